The summed E-state index contributed by atoms with van der Waals surface area (Å²) in [6, 6.07) is 4.23. The summed E-state index contributed by atoms with van der Waals surface area (Å²) in [7, 11) is 0. The molecular weight excluding hydrogens is 478 g/mol. The minimum Gasteiger partial charge on any atom is -0.480 e. The molecule has 3 rings (SSSR count). The van der Waals surface area contributed by atoms with Crippen LogP contribution in [-0.2, 0) is 32.0 Å². The first-order valence-corrected chi connectivity index (χ1v) is 12.1. The number of amides is 3. The highest BCUT2D eigenvalue weighted by atomic mass is 16.4. The summed E-state index contributed by atoms with van der Waals surface area (Å²) in [5, 5.41) is 18.4. The number of nitrogens with zero attached hydrogens (tertiary/aromatic N) is 1. The van der Waals surface area contributed by atoms with Gasteiger partial charge in [0, 0.05) is 41.8 Å². The number of H-pyrrole nitrogens is 2. The molecule has 0 saturated carbocycles. The van der Waals surface area contributed by atoms with Gasteiger partial charge >= 0.3 is 5.97 Å². The van der Waals surface area contributed by atoms with Crippen LogP contribution in [0, 0.1) is 5.92 Å². The van der Waals surface area contributed by atoms with Gasteiger partial charge in [0.2, 0.25) is 17.7 Å². The largest absolute Gasteiger partial charge is 0.480 e. The van der Waals surface area contributed by atoms with E-state index < -0.39 is 41.8 Å². The number of carbonyl (C=O) groups is 4. The van der Waals surface area contributed by atoms with E-state index in [4.69, 9.17) is 5.73 Å². The number of carbonyl (C=O) groups excluding carboxylic acids is 3. The van der Waals surface area contributed by atoms with Gasteiger partial charge in [0.15, 0.2) is 0 Å². The number of imidazole rings is 1. The molecule has 0 spiro atoms. The molecule has 12 nitrogen and oxygen atoms in total. The molecule has 12 heteroatoms. The van der Waals surface area contributed by atoms with Crippen molar-refractivity contribution in [1.82, 2.24) is 30.9 Å². The summed E-state index contributed by atoms with van der Waals surface area (Å²) < 4.78 is 0. The molecule has 0 bridgehead atoms. The Balaban J connectivity index is 1.88. The molecule has 4 atom stereocenters. The number of aromatic nitrogens is 3. The van der Waals surface area contributed by atoms with Crippen molar-refractivity contribution in [3.63, 3.8) is 0 Å². The Hall–Kier alpha value is -4.19. The lowest BCUT2D eigenvalue weighted by molar-refractivity contribution is -0.143. The number of hydrogen-bond acceptors (Lipinski definition) is 6. The Labute approximate surface area is 213 Å². The number of rotatable bonds is 13. The number of aliphatic carboxylic acids is 1. The van der Waals surface area contributed by atoms with E-state index in [0.29, 0.717) is 12.1 Å². The lowest BCUT2D eigenvalue weighted by Gasteiger charge is -2.26. The van der Waals surface area contributed by atoms with Gasteiger partial charge in [0.1, 0.15) is 18.1 Å². The van der Waals surface area contributed by atoms with Crippen LogP contribution >= 0.6 is 0 Å². The van der Waals surface area contributed by atoms with Crippen LogP contribution in [0.2, 0.25) is 0 Å². The van der Waals surface area contributed by atoms with E-state index in [1.165, 1.54) is 12.5 Å². The van der Waals surface area contributed by atoms with E-state index in [1.54, 1.807) is 13.1 Å². The maximum Gasteiger partial charge on any atom is 0.326 e. The normalized spacial score (nSPS) is 14.4. The Bertz CT molecular complexity index is 1220. The summed E-state index contributed by atoms with van der Waals surface area (Å²) in [6.45, 7) is 3.24. The third kappa shape index (κ3) is 7.17. The number of nitrogens with two attached hydrogens (primary N) is 1. The number of hydrogen-bond donors (Lipinski definition) is 7. The summed E-state index contributed by atoms with van der Waals surface area (Å²) in [5.74, 6) is -3.29. The molecular formula is C25H33N7O5. The SMILES string of the molecule is CCC(C)C(NC(=O)C(Cc1c[nH]c2ccccc12)NC(=O)C(Cc1cnc[nH]1)NC(=O)CN)C(=O)O. The van der Waals surface area contributed by atoms with Gasteiger partial charge in [-0.2, -0.15) is 0 Å². The van der Waals surface area contributed by atoms with Crippen molar-refractivity contribution in [2.45, 2.75) is 51.2 Å². The monoisotopic (exact) mass is 511 g/mol. The highest BCUT2D eigenvalue weighted by Crippen LogP contribution is 2.19. The molecule has 0 saturated heterocycles. The van der Waals surface area contributed by atoms with Crippen molar-refractivity contribution >= 4 is 34.6 Å². The molecule has 8 N–H and O–H groups in total. The summed E-state index contributed by atoms with van der Waals surface area (Å²) >= 11 is 0. The van der Waals surface area contributed by atoms with Crippen LogP contribution in [0.15, 0.2) is 43.0 Å². The molecule has 2 aromatic heterocycles. The molecule has 0 radical (unpaired) electrons. The highest BCUT2D eigenvalue weighted by molar-refractivity contribution is 5.94. The topological polar surface area (TPSA) is 195 Å². The number of carboxylic acid groups (broad SMARTS) is 1. The van der Waals surface area contributed by atoms with E-state index in [0.717, 1.165) is 16.5 Å². The van der Waals surface area contributed by atoms with Gasteiger partial charge in [0.25, 0.3) is 0 Å². The fourth-order valence-corrected chi connectivity index (χ4v) is 4.02. The maximum absolute atomic E-state index is 13.4. The van der Waals surface area contributed by atoms with Gasteiger partial charge in [-0.3, -0.25) is 14.4 Å². The Morgan fingerprint density at radius 2 is 1.73 bits per heavy atom. The number of aromatic amines is 2. The first-order chi connectivity index (χ1) is 17.7. The van der Waals surface area contributed by atoms with Gasteiger partial charge in [-0.1, -0.05) is 38.5 Å². The molecule has 1 aromatic carbocycles. The minimum atomic E-state index is -1.16. The van der Waals surface area contributed by atoms with E-state index in [1.807, 2.05) is 31.2 Å². The van der Waals surface area contributed by atoms with Crippen LogP contribution in [0.3, 0.4) is 0 Å². The van der Waals surface area contributed by atoms with Crippen molar-refractivity contribution in [3.05, 3.63) is 54.2 Å². The van der Waals surface area contributed by atoms with Crippen molar-refractivity contribution in [1.29, 1.82) is 0 Å². The average Bonchev–Trinajstić information content (AvgIpc) is 3.55. The third-order valence-corrected chi connectivity index (χ3v) is 6.32. The van der Waals surface area contributed by atoms with Crippen LogP contribution in [0.1, 0.15) is 31.5 Å². The molecule has 0 aliphatic rings. The van der Waals surface area contributed by atoms with Crippen LogP contribution in [0.5, 0.6) is 0 Å². The Morgan fingerprint density at radius 3 is 2.38 bits per heavy atom. The summed E-state index contributed by atoms with van der Waals surface area (Å²) in [6.07, 6.45) is 5.43. The first kappa shape index (κ1) is 27.4. The van der Waals surface area contributed by atoms with Crippen LogP contribution in [0.4, 0.5) is 0 Å². The zero-order chi connectivity index (χ0) is 26.9. The lowest BCUT2D eigenvalue weighted by Crippen LogP contribution is -2.58. The van der Waals surface area contributed by atoms with E-state index in [-0.39, 0.29) is 25.3 Å². The van der Waals surface area contributed by atoms with Gasteiger partial charge < -0.3 is 36.8 Å². The fourth-order valence-electron chi connectivity index (χ4n) is 4.02. The summed E-state index contributed by atoms with van der Waals surface area (Å²) in [5.41, 5.74) is 7.65. The molecule has 3 amide bonds. The number of para-hydroxylation sites is 1. The Morgan fingerprint density at radius 1 is 1.03 bits per heavy atom. The molecule has 0 aliphatic carbocycles. The standard InChI is InChI=1S/C25H33N7O5/c1-3-14(2)22(25(36)37)32-24(35)19(8-15-11-28-18-7-5-4-6-17(15)18)31-23(34)20(30-21(33)10-26)9-16-12-27-13-29-16/h4-7,11-14,19-20,22,28H,3,8-10,26H2,1-2H3,(H,27,29)(H,30,33)(H,31,34)(H,32,35)(H,36,37). The first-order valence-electron chi connectivity index (χ1n) is 12.1. The van der Waals surface area contributed by atoms with Crippen molar-refractivity contribution in [3.8, 4) is 0 Å². The molecule has 3 aromatic rings. The van der Waals surface area contributed by atoms with Crippen molar-refractivity contribution in [2.75, 3.05) is 6.54 Å². The van der Waals surface area contributed by atoms with Crippen LogP contribution in [0.25, 0.3) is 10.9 Å². The van der Waals surface area contributed by atoms with Crippen molar-refractivity contribution in [2.24, 2.45) is 11.7 Å². The highest BCUT2D eigenvalue weighted by Gasteiger charge is 2.32. The lowest BCUT2D eigenvalue weighted by atomic mass is 9.98. The number of fused-ring (bicyclic) bond motifs is 1. The van der Waals surface area contributed by atoms with Gasteiger partial charge in [-0.05, 0) is 17.5 Å². The molecule has 0 aliphatic heterocycles. The number of nitrogens with one attached hydrogen (secondary N) is 5. The zero-order valence-corrected chi connectivity index (χ0v) is 20.8. The molecule has 198 valence electrons. The number of benzene rings is 1. The van der Waals surface area contributed by atoms with E-state index in [2.05, 4.69) is 30.9 Å². The van der Waals surface area contributed by atoms with Crippen molar-refractivity contribution < 1.29 is 24.3 Å². The van der Waals surface area contributed by atoms with E-state index >= 15 is 0 Å². The van der Waals surface area contributed by atoms with Gasteiger partial charge in [0.05, 0.1) is 12.9 Å². The molecule has 0 fully saturated rings. The third-order valence-electron chi connectivity index (χ3n) is 6.32. The molecule has 37 heavy (non-hydrogen) atoms. The fraction of sp³-hybridized carbons (Fsp3) is 0.400. The quantitative estimate of drug-likeness (QED) is 0.170. The van der Waals surface area contributed by atoms with Gasteiger partial charge in [-0.15, -0.1) is 0 Å². The summed E-state index contributed by atoms with van der Waals surface area (Å²) in [4.78, 5) is 60.5. The Kier molecular flexibility index (Phi) is 9.39. The van der Waals surface area contributed by atoms with Crippen LogP contribution in [-0.4, -0.2) is 68.4 Å². The molecule has 4 unspecified atom stereocenters. The second-order valence-electron chi connectivity index (χ2n) is 8.94. The van der Waals surface area contributed by atoms with Crippen LogP contribution < -0.4 is 21.7 Å². The smallest absolute Gasteiger partial charge is 0.326 e. The predicted molar refractivity (Wildman–Crippen MR) is 136 cm³/mol. The number of carboxylic acids is 1. The van der Waals surface area contributed by atoms with E-state index in [9.17, 15) is 24.3 Å². The second kappa shape index (κ2) is 12.7. The minimum absolute atomic E-state index is 0.0869. The predicted octanol–water partition coefficient (Wildman–Crippen LogP) is 0.220. The zero-order valence-electron chi connectivity index (χ0n) is 20.8. The maximum atomic E-state index is 13.4. The van der Waals surface area contributed by atoms with Gasteiger partial charge in [-0.25, -0.2) is 9.78 Å². The second-order valence-corrected chi connectivity index (χ2v) is 8.94. The molecule has 2 heterocycles. The average molecular weight is 512 g/mol.